The van der Waals surface area contributed by atoms with Gasteiger partial charge in [-0.05, 0) is 42.8 Å². The lowest BCUT2D eigenvalue weighted by atomic mass is 10.2. The van der Waals surface area contributed by atoms with Crippen molar-refractivity contribution in [2.45, 2.75) is 6.42 Å². The average Bonchev–Trinajstić information content (AvgIpc) is 2.60. The predicted octanol–water partition coefficient (Wildman–Crippen LogP) is 2.75. The minimum Gasteiger partial charge on any atom is -0.385 e. The zero-order chi connectivity index (χ0) is 17.4. The Morgan fingerprint density at radius 1 is 1.08 bits per heavy atom. The number of nitrogens with zero attached hydrogens (tertiary/aromatic N) is 1. The number of benzene rings is 1. The van der Waals surface area contributed by atoms with Gasteiger partial charge in [0, 0.05) is 31.0 Å². The summed E-state index contributed by atoms with van der Waals surface area (Å²) in [6, 6.07) is 11.5. The normalized spacial score (nSPS) is 10.2. The Hall–Kier alpha value is -2.44. The molecule has 0 bridgehead atoms. The van der Waals surface area contributed by atoms with Crippen LogP contribution in [0.5, 0.6) is 0 Å². The summed E-state index contributed by atoms with van der Waals surface area (Å²) in [5.41, 5.74) is 0.950. The third-order valence-corrected chi connectivity index (χ3v) is 3.38. The molecule has 1 heterocycles. The molecular weight excluding hydrogens is 330 g/mol. The highest BCUT2D eigenvalue weighted by molar-refractivity contribution is 6.30. The van der Waals surface area contributed by atoms with Gasteiger partial charge in [-0.1, -0.05) is 17.7 Å². The predicted molar refractivity (Wildman–Crippen MR) is 92.5 cm³/mol. The Morgan fingerprint density at radius 2 is 1.75 bits per heavy atom. The van der Waals surface area contributed by atoms with Crippen molar-refractivity contribution in [1.29, 1.82) is 0 Å². The van der Waals surface area contributed by atoms with Crippen molar-refractivity contribution >= 4 is 29.1 Å². The molecule has 2 rings (SSSR count). The van der Waals surface area contributed by atoms with Gasteiger partial charge in [0.25, 0.3) is 11.8 Å². The number of carbonyl (C=O) groups excluding carboxylic acids is 2. The van der Waals surface area contributed by atoms with Gasteiger partial charge in [-0.2, -0.15) is 0 Å². The topological polar surface area (TPSA) is 80.3 Å². The highest BCUT2D eigenvalue weighted by Crippen LogP contribution is 2.14. The molecule has 0 aliphatic rings. The Bertz CT molecular complexity index is 704. The Kier molecular flexibility index (Phi) is 6.72. The van der Waals surface area contributed by atoms with Crippen molar-refractivity contribution in [2.75, 3.05) is 25.6 Å². The van der Waals surface area contributed by atoms with Crippen molar-refractivity contribution in [2.24, 2.45) is 0 Å². The van der Waals surface area contributed by atoms with Gasteiger partial charge in [-0.15, -0.1) is 0 Å². The van der Waals surface area contributed by atoms with E-state index in [0.29, 0.717) is 30.3 Å². The molecule has 2 N–H and O–H groups in total. The molecule has 6 nitrogen and oxygen atoms in total. The van der Waals surface area contributed by atoms with Crippen LogP contribution in [0.2, 0.25) is 5.02 Å². The van der Waals surface area contributed by atoms with Crippen LogP contribution in [-0.4, -0.2) is 37.1 Å². The summed E-state index contributed by atoms with van der Waals surface area (Å²) >= 11 is 5.80. The average molecular weight is 348 g/mol. The molecule has 1 aromatic heterocycles. The van der Waals surface area contributed by atoms with E-state index in [-0.39, 0.29) is 17.3 Å². The van der Waals surface area contributed by atoms with E-state index in [2.05, 4.69) is 15.6 Å². The maximum Gasteiger partial charge on any atom is 0.274 e. The van der Waals surface area contributed by atoms with Crippen LogP contribution in [0.25, 0.3) is 0 Å². The van der Waals surface area contributed by atoms with Gasteiger partial charge >= 0.3 is 0 Å². The zero-order valence-electron chi connectivity index (χ0n) is 13.2. The second-order valence-electron chi connectivity index (χ2n) is 4.97. The van der Waals surface area contributed by atoms with Crippen LogP contribution in [0.1, 0.15) is 27.4 Å². The van der Waals surface area contributed by atoms with E-state index in [1.807, 2.05) is 0 Å². The second-order valence-corrected chi connectivity index (χ2v) is 5.41. The maximum absolute atomic E-state index is 12.2. The van der Waals surface area contributed by atoms with Crippen molar-refractivity contribution in [3.63, 3.8) is 0 Å². The van der Waals surface area contributed by atoms with E-state index in [1.165, 1.54) is 0 Å². The molecular formula is C17H18ClN3O3. The summed E-state index contributed by atoms with van der Waals surface area (Å²) in [6.45, 7) is 1.05. The molecule has 2 amide bonds. The van der Waals surface area contributed by atoms with Crippen LogP contribution in [0, 0.1) is 0 Å². The number of nitrogens with one attached hydrogen (secondary N) is 2. The number of rotatable bonds is 7. The monoisotopic (exact) mass is 347 g/mol. The maximum atomic E-state index is 12.2. The molecule has 0 spiro atoms. The molecule has 0 aliphatic heterocycles. The summed E-state index contributed by atoms with van der Waals surface area (Å²) in [5.74, 6) is -0.724. The zero-order valence-corrected chi connectivity index (χ0v) is 14.0. The van der Waals surface area contributed by atoms with Gasteiger partial charge in [0.2, 0.25) is 0 Å². The SMILES string of the molecule is COCCCNC(=O)c1cccc(C(=O)Nc2ccc(Cl)cc2)n1. The van der Waals surface area contributed by atoms with Gasteiger partial charge in [0.15, 0.2) is 0 Å². The van der Waals surface area contributed by atoms with E-state index < -0.39 is 5.91 Å². The second kappa shape index (κ2) is 9.00. The van der Waals surface area contributed by atoms with Crippen molar-refractivity contribution in [3.05, 3.63) is 58.9 Å². The standard InChI is InChI=1S/C17H18ClN3O3/c1-24-11-3-10-19-16(22)14-4-2-5-15(21-14)17(23)20-13-8-6-12(18)7-9-13/h2,4-9H,3,10-11H2,1H3,(H,19,22)(H,20,23). The number of ether oxygens (including phenoxy) is 1. The molecule has 0 atom stereocenters. The molecule has 0 fully saturated rings. The van der Waals surface area contributed by atoms with Crippen molar-refractivity contribution in [1.82, 2.24) is 10.3 Å². The highest BCUT2D eigenvalue weighted by atomic mass is 35.5. The van der Waals surface area contributed by atoms with E-state index in [0.717, 1.165) is 0 Å². The van der Waals surface area contributed by atoms with Crippen molar-refractivity contribution in [3.8, 4) is 0 Å². The van der Waals surface area contributed by atoms with Crippen LogP contribution in [0.15, 0.2) is 42.5 Å². The number of amides is 2. The van der Waals surface area contributed by atoms with Gasteiger partial charge in [-0.25, -0.2) is 4.98 Å². The largest absolute Gasteiger partial charge is 0.385 e. The van der Waals surface area contributed by atoms with Crippen LogP contribution in [-0.2, 0) is 4.74 Å². The van der Waals surface area contributed by atoms with Gasteiger partial charge in [-0.3, -0.25) is 9.59 Å². The first-order valence-electron chi connectivity index (χ1n) is 7.41. The molecule has 0 radical (unpaired) electrons. The van der Waals surface area contributed by atoms with E-state index >= 15 is 0 Å². The Balaban J connectivity index is 1.99. The lowest BCUT2D eigenvalue weighted by Gasteiger charge is -2.07. The number of hydrogen-bond acceptors (Lipinski definition) is 4. The first kappa shape index (κ1) is 17.9. The quantitative estimate of drug-likeness (QED) is 0.755. The van der Waals surface area contributed by atoms with Crippen LogP contribution < -0.4 is 10.6 Å². The summed E-state index contributed by atoms with van der Waals surface area (Å²) in [5, 5.41) is 6.01. The highest BCUT2D eigenvalue weighted by Gasteiger charge is 2.12. The van der Waals surface area contributed by atoms with E-state index in [9.17, 15) is 9.59 Å². The number of halogens is 1. The number of methoxy groups -OCH3 is 1. The fraction of sp³-hybridized carbons (Fsp3) is 0.235. The van der Waals surface area contributed by atoms with Crippen LogP contribution >= 0.6 is 11.6 Å². The van der Waals surface area contributed by atoms with Crippen molar-refractivity contribution < 1.29 is 14.3 Å². The number of hydrogen-bond donors (Lipinski definition) is 2. The molecule has 0 aliphatic carbocycles. The molecule has 0 saturated carbocycles. The minimum atomic E-state index is -0.397. The smallest absolute Gasteiger partial charge is 0.274 e. The molecule has 1 aromatic carbocycles. The summed E-state index contributed by atoms with van der Waals surface area (Å²) in [4.78, 5) is 28.3. The minimum absolute atomic E-state index is 0.162. The van der Waals surface area contributed by atoms with E-state index in [4.69, 9.17) is 16.3 Å². The first-order chi connectivity index (χ1) is 11.6. The summed E-state index contributed by atoms with van der Waals surface area (Å²) in [6.07, 6.45) is 0.707. The fourth-order valence-electron chi connectivity index (χ4n) is 1.92. The van der Waals surface area contributed by atoms with Gasteiger partial charge in [0.1, 0.15) is 11.4 Å². The molecule has 0 unspecified atom stereocenters. The Labute approximate surface area is 145 Å². The summed E-state index contributed by atoms with van der Waals surface area (Å²) < 4.78 is 4.92. The lowest BCUT2D eigenvalue weighted by Crippen LogP contribution is -2.27. The fourth-order valence-corrected chi connectivity index (χ4v) is 2.05. The number of aromatic nitrogens is 1. The third kappa shape index (κ3) is 5.33. The third-order valence-electron chi connectivity index (χ3n) is 3.13. The molecule has 126 valence electrons. The lowest BCUT2D eigenvalue weighted by molar-refractivity contribution is 0.0943. The number of pyridine rings is 1. The summed E-state index contributed by atoms with van der Waals surface area (Å²) in [7, 11) is 1.60. The van der Waals surface area contributed by atoms with Gasteiger partial charge in [0.05, 0.1) is 0 Å². The molecule has 24 heavy (non-hydrogen) atoms. The molecule has 2 aromatic rings. The molecule has 7 heteroatoms. The van der Waals surface area contributed by atoms with Crippen LogP contribution in [0.3, 0.4) is 0 Å². The van der Waals surface area contributed by atoms with Gasteiger partial charge < -0.3 is 15.4 Å². The number of carbonyl (C=O) groups is 2. The molecule has 0 saturated heterocycles. The Morgan fingerprint density at radius 3 is 2.42 bits per heavy atom. The number of anilines is 1. The first-order valence-corrected chi connectivity index (χ1v) is 7.79. The van der Waals surface area contributed by atoms with E-state index in [1.54, 1.807) is 49.6 Å². The van der Waals surface area contributed by atoms with Crippen LogP contribution in [0.4, 0.5) is 5.69 Å².